The number of rotatable bonds is 7. The molecule has 0 saturated carbocycles. The van der Waals surface area contributed by atoms with Gasteiger partial charge in [0.1, 0.15) is 5.84 Å². The zero-order valence-corrected chi connectivity index (χ0v) is 19.8. The summed E-state index contributed by atoms with van der Waals surface area (Å²) in [5, 5.41) is 17.5. The molecule has 2 fully saturated rings. The summed E-state index contributed by atoms with van der Waals surface area (Å²) in [6, 6.07) is 15.3. The highest BCUT2D eigenvalue weighted by Crippen LogP contribution is 2.28. The maximum atomic E-state index is 13.3. The largest absolute Gasteiger partial charge is 0.396 e. The summed E-state index contributed by atoms with van der Waals surface area (Å²) >= 11 is 0. The number of aliphatic hydroxyl groups excluding tert-OH is 1. The molecular weight excluding hydrogens is 454 g/mol. The third-order valence-corrected chi connectivity index (χ3v) is 8.49. The molecule has 2 amide bonds. The van der Waals surface area contributed by atoms with Crippen LogP contribution in [0, 0.1) is 17.2 Å². The predicted molar refractivity (Wildman–Crippen MR) is 130 cm³/mol. The summed E-state index contributed by atoms with van der Waals surface area (Å²) in [6.45, 7) is 2.15. The number of sulfonamides is 1. The lowest BCUT2D eigenvalue weighted by atomic mass is 9.96. The summed E-state index contributed by atoms with van der Waals surface area (Å²) in [5.41, 5.74) is 6.79. The molecule has 2 aromatic rings. The van der Waals surface area contributed by atoms with Crippen molar-refractivity contribution in [3.05, 3.63) is 60.2 Å². The Bertz CT molecular complexity index is 1130. The molecule has 9 nitrogen and oxygen atoms in total. The first kappa shape index (κ1) is 24.2. The molecule has 0 radical (unpaired) electrons. The van der Waals surface area contributed by atoms with Crippen LogP contribution in [0.1, 0.15) is 18.4 Å². The molecule has 182 valence electrons. The number of amidine groups is 1. The van der Waals surface area contributed by atoms with Crippen molar-refractivity contribution >= 4 is 27.6 Å². The van der Waals surface area contributed by atoms with Crippen molar-refractivity contribution in [1.82, 2.24) is 9.21 Å². The second-order valence-corrected chi connectivity index (χ2v) is 10.9. The summed E-state index contributed by atoms with van der Waals surface area (Å²) in [6.07, 6.45) is 1.33. The number of anilines is 1. The number of nitrogens with zero attached hydrogens (tertiary/aromatic N) is 3. The topological polar surface area (TPSA) is 131 Å². The van der Waals surface area contributed by atoms with Crippen LogP contribution in [-0.4, -0.2) is 73.9 Å². The second kappa shape index (κ2) is 10.1. The number of carbonyl (C=O) groups excluding carboxylic acids is 1. The van der Waals surface area contributed by atoms with Crippen LogP contribution in [0.2, 0.25) is 0 Å². The minimum absolute atomic E-state index is 0.0412. The van der Waals surface area contributed by atoms with Gasteiger partial charge in [-0.15, -0.1) is 0 Å². The summed E-state index contributed by atoms with van der Waals surface area (Å²) in [5.74, 6) is 0.00494. The van der Waals surface area contributed by atoms with Crippen molar-refractivity contribution in [2.75, 3.05) is 44.2 Å². The number of nitrogens with two attached hydrogens (primary N) is 1. The minimum Gasteiger partial charge on any atom is -0.396 e. The standard InChI is InChI=1S/C24H31N5O4S/c25-23(26)20-5-4-6-21(13-20)29-16-19(17-30)15-27(24(29)31)14-18-9-11-28(12-10-18)34(32,33)22-7-2-1-3-8-22/h1-8,13,18-19,30H,9-12,14-17H2,(H3,25,26). The molecule has 1 atom stereocenters. The number of benzene rings is 2. The van der Waals surface area contributed by atoms with Crippen LogP contribution in [0.4, 0.5) is 10.5 Å². The van der Waals surface area contributed by atoms with E-state index in [-0.39, 0.29) is 30.3 Å². The van der Waals surface area contributed by atoms with E-state index in [1.165, 1.54) is 4.31 Å². The van der Waals surface area contributed by atoms with E-state index in [2.05, 4.69) is 0 Å². The Morgan fingerprint density at radius 3 is 2.38 bits per heavy atom. The minimum atomic E-state index is -3.51. The number of urea groups is 1. The Morgan fingerprint density at radius 2 is 1.74 bits per heavy atom. The van der Waals surface area contributed by atoms with E-state index in [1.54, 1.807) is 64.4 Å². The highest BCUT2D eigenvalue weighted by Gasteiger charge is 2.36. The zero-order chi connectivity index (χ0) is 24.3. The van der Waals surface area contributed by atoms with Gasteiger partial charge in [0, 0.05) is 56.5 Å². The number of nitrogen functional groups attached to an aromatic ring is 1. The van der Waals surface area contributed by atoms with Gasteiger partial charge in [-0.1, -0.05) is 30.3 Å². The van der Waals surface area contributed by atoms with Crippen molar-refractivity contribution < 1.29 is 18.3 Å². The van der Waals surface area contributed by atoms with Gasteiger partial charge in [0.15, 0.2) is 0 Å². The van der Waals surface area contributed by atoms with E-state index in [1.807, 2.05) is 0 Å². The first-order chi connectivity index (χ1) is 16.3. The monoisotopic (exact) mass is 485 g/mol. The zero-order valence-electron chi connectivity index (χ0n) is 19.0. The highest BCUT2D eigenvalue weighted by molar-refractivity contribution is 7.89. The molecule has 10 heteroatoms. The summed E-state index contributed by atoms with van der Waals surface area (Å²) in [4.78, 5) is 17.0. The van der Waals surface area contributed by atoms with Crippen molar-refractivity contribution in [3.8, 4) is 0 Å². The highest BCUT2D eigenvalue weighted by atomic mass is 32.2. The molecule has 34 heavy (non-hydrogen) atoms. The van der Waals surface area contributed by atoms with Crippen LogP contribution in [0.25, 0.3) is 0 Å². The fourth-order valence-corrected chi connectivity index (χ4v) is 6.16. The fourth-order valence-electron chi connectivity index (χ4n) is 4.67. The van der Waals surface area contributed by atoms with Crippen molar-refractivity contribution in [1.29, 1.82) is 5.41 Å². The lowest BCUT2D eigenvalue weighted by molar-refractivity contribution is 0.128. The summed E-state index contributed by atoms with van der Waals surface area (Å²) in [7, 11) is -3.51. The molecule has 2 aromatic carbocycles. The summed E-state index contributed by atoms with van der Waals surface area (Å²) < 4.78 is 27.3. The van der Waals surface area contributed by atoms with Crippen molar-refractivity contribution in [3.63, 3.8) is 0 Å². The Balaban J connectivity index is 1.43. The Labute approximate surface area is 200 Å². The molecule has 0 aromatic heterocycles. The molecule has 1 unspecified atom stereocenters. The van der Waals surface area contributed by atoms with Gasteiger partial charge in [0.05, 0.1) is 4.90 Å². The predicted octanol–water partition coefficient (Wildman–Crippen LogP) is 1.92. The van der Waals surface area contributed by atoms with E-state index in [0.717, 1.165) is 0 Å². The van der Waals surface area contributed by atoms with Crippen LogP contribution >= 0.6 is 0 Å². The molecule has 2 aliphatic rings. The number of nitrogens with one attached hydrogen (secondary N) is 1. The van der Waals surface area contributed by atoms with Crippen LogP contribution in [0.5, 0.6) is 0 Å². The van der Waals surface area contributed by atoms with Gasteiger partial charge in [-0.2, -0.15) is 4.31 Å². The molecule has 0 spiro atoms. The number of piperidine rings is 1. The maximum absolute atomic E-state index is 13.3. The van der Waals surface area contributed by atoms with Gasteiger partial charge < -0.3 is 15.7 Å². The molecule has 2 heterocycles. The van der Waals surface area contributed by atoms with Crippen LogP contribution < -0.4 is 10.6 Å². The SMILES string of the molecule is N=C(N)c1cccc(N2CC(CO)CN(CC3CCN(S(=O)(=O)c4ccccc4)CC3)C2=O)c1. The smallest absolute Gasteiger partial charge is 0.324 e. The fraction of sp³-hybridized carbons (Fsp3) is 0.417. The third kappa shape index (κ3) is 5.08. The van der Waals surface area contributed by atoms with Crippen LogP contribution in [0.3, 0.4) is 0 Å². The Morgan fingerprint density at radius 1 is 1.03 bits per heavy atom. The molecule has 0 aliphatic carbocycles. The molecular formula is C24H31N5O4S. The first-order valence-corrected chi connectivity index (χ1v) is 12.9. The lowest BCUT2D eigenvalue weighted by Gasteiger charge is -2.42. The normalized spacial score (nSPS) is 20.5. The van der Waals surface area contributed by atoms with E-state index >= 15 is 0 Å². The number of aliphatic hydroxyl groups is 1. The lowest BCUT2D eigenvalue weighted by Crippen LogP contribution is -2.56. The molecule has 4 N–H and O–H groups in total. The average Bonchev–Trinajstić information content (AvgIpc) is 2.86. The van der Waals surface area contributed by atoms with Crippen molar-refractivity contribution in [2.45, 2.75) is 17.7 Å². The molecule has 4 rings (SSSR count). The van der Waals surface area contributed by atoms with Gasteiger partial charge >= 0.3 is 6.03 Å². The number of amides is 2. The van der Waals surface area contributed by atoms with Crippen LogP contribution in [0.15, 0.2) is 59.5 Å². The van der Waals surface area contributed by atoms with E-state index < -0.39 is 10.0 Å². The first-order valence-electron chi connectivity index (χ1n) is 11.5. The Hall–Kier alpha value is -2.95. The van der Waals surface area contributed by atoms with E-state index in [9.17, 15) is 18.3 Å². The van der Waals surface area contributed by atoms with Crippen molar-refractivity contribution in [2.24, 2.45) is 17.6 Å². The second-order valence-electron chi connectivity index (χ2n) is 8.97. The maximum Gasteiger partial charge on any atom is 0.324 e. The van der Waals surface area contributed by atoms with Gasteiger partial charge in [-0.05, 0) is 43.0 Å². The van der Waals surface area contributed by atoms with E-state index in [4.69, 9.17) is 11.1 Å². The van der Waals surface area contributed by atoms with E-state index in [0.29, 0.717) is 61.7 Å². The van der Waals surface area contributed by atoms with Crippen LogP contribution in [-0.2, 0) is 10.0 Å². The van der Waals surface area contributed by atoms with Gasteiger partial charge in [0.2, 0.25) is 10.0 Å². The van der Waals surface area contributed by atoms with Gasteiger partial charge in [0.25, 0.3) is 0 Å². The molecule has 2 saturated heterocycles. The van der Waals surface area contributed by atoms with Gasteiger partial charge in [-0.25, -0.2) is 13.2 Å². The molecule has 2 aliphatic heterocycles. The number of hydrogen-bond acceptors (Lipinski definition) is 5. The number of carbonyl (C=O) groups is 1. The van der Waals surface area contributed by atoms with Gasteiger partial charge in [-0.3, -0.25) is 10.3 Å². The Kier molecular flexibility index (Phi) is 7.20. The quantitative estimate of drug-likeness (QED) is 0.407. The molecule has 0 bridgehead atoms. The number of hydrogen-bond donors (Lipinski definition) is 3. The third-order valence-electron chi connectivity index (χ3n) is 6.58. The average molecular weight is 486 g/mol.